The molecule has 2 unspecified atom stereocenters. The second-order valence-corrected chi connectivity index (χ2v) is 1.96. The van der Waals surface area contributed by atoms with Crippen molar-refractivity contribution in [3.05, 3.63) is 0 Å². The number of rotatable bonds is 2. The van der Waals surface area contributed by atoms with Gasteiger partial charge in [-0.2, -0.15) is 0 Å². The molecule has 0 bridgehead atoms. The topological polar surface area (TPSA) is 47.9 Å². The molecular weight excluding hydrogens is 136 g/mol. The maximum absolute atomic E-state index is 9.03. The maximum atomic E-state index is 9.03. The second kappa shape index (κ2) is 3.88. The lowest BCUT2D eigenvalue weighted by Crippen LogP contribution is -2.40. The molecule has 1 heterocycles. The SMILES string of the molecule is CCOC1OCCOC1O. The number of hydrogen-bond donors (Lipinski definition) is 1. The summed E-state index contributed by atoms with van der Waals surface area (Å²) in [5.74, 6) is 0. The van der Waals surface area contributed by atoms with E-state index in [1.807, 2.05) is 6.92 Å². The summed E-state index contributed by atoms with van der Waals surface area (Å²) < 4.78 is 14.9. The van der Waals surface area contributed by atoms with Crippen LogP contribution >= 0.6 is 0 Å². The Morgan fingerprint density at radius 1 is 1.50 bits per heavy atom. The molecular formula is C6H12O4. The Morgan fingerprint density at radius 2 is 2.20 bits per heavy atom. The summed E-state index contributed by atoms with van der Waals surface area (Å²) in [7, 11) is 0. The Hall–Kier alpha value is -0.160. The third kappa shape index (κ3) is 1.91. The summed E-state index contributed by atoms with van der Waals surface area (Å²) in [6.45, 7) is 3.28. The van der Waals surface area contributed by atoms with Crippen LogP contribution in [0.1, 0.15) is 6.92 Å². The zero-order valence-electron chi connectivity index (χ0n) is 5.95. The van der Waals surface area contributed by atoms with Gasteiger partial charge in [0.15, 0.2) is 0 Å². The first-order valence-electron chi connectivity index (χ1n) is 3.37. The van der Waals surface area contributed by atoms with Gasteiger partial charge in [-0.1, -0.05) is 0 Å². The summed E-state index contributed by atoms with van der Waals surface area (Å²) >= 11 is 0. The molecule has 1 N–H and O–H groups in total. The first-order valence-corrected chi connectivity index (χ1v) is 3.37. The normalized spacial score (nSPS) is 34.2. The van der Waals surface area contributed by atoms with Crippen molar-refractivity contribution in [1.82, 2.24) is 0 Å². The van der Waals surface area contributed by atoms with Crippen LogP contribution in [0, 0.1) is 0 Å². The second-order valence-electron chi connectivity index (χ2n) is 1.96. The van der Waals surface area contributed by atoms with Crippen molar-refractivity contribution < 1.29 is 19.3 Å². The van der Waals surface area contributed by atoms with Crippen molar-refractivity contribution in [3.8, 4) is 0 Å². The Kier molecular flexibility index (Phi) is 3.08. The molecule has 0 aromatic rings. The Labute approximate surface area is 59.7 Å². The Balaban J connectivity index is 2.25. The van der Waals surface area contributed by atoms with Crippen LogP contribution in [0.3, 0.4) is 0 Å². The van der Waals surface area contributed by atoms with Crippen LogP contribution in [-0.4, -0.2) is 37.5 Å². The van der Waals surface area contributed by atoms with Gasteiger partial charge in [0.1, 0.15) is 0 Å². The van der Waals surface area contributed by atoms with Gasteiger partial charge in [0.05, 0.1) is 13.2 Å². The molecule has 4 nitrogen and oxygen atoms in total. The zero-order valence-corrected chi connectivity index (χ0v) is 5.95. The number of ether oxygens (including phenoxy) is 3. The highest BCUT2D eigenvalue weighted by Gasteiger charge is 2.24. The monoisotopic (exact) mass is 148 g/mol. The first-order chi connectivity index (χ1) is 4.84. The Bertz CT molecular complexity index is 93.7. The number of aliphatic hydroxyl groups excluding tert-OH is 1. The third-order valence-electron chi connectivity index (χ3n) is 1.22. The number of hydrogen-bond acceptors (Lipinski definition) is 4. The summed E-state index contributed by atoms with van der Waals surface area (Å²) in [4.78, 5) is 0. The highest BCUT2D eigenvalue weighted by molar-refractivity contribution is 4.53. The fraction of sp³-hybridized carbons (Fsp3) is 1.00. The summed E-state index contributed by atoms with van der Waals surface area (Å²) in [6, 6.07) is 0. The van der Waals surface area contributed by atoms with E-state index in [9.17, 15) is 0 Å². The summed E-state index contributed by atoms with van der Waals surface area (Å²) in [5.41, 5.74) is 0. The number of aliphatic hydroxyl groups is 1. The van der Waals surface area contributed by atoms with Gasteiger partial charge in [0.25, 0.3) is 0 Å². The molecule has 0 radical (unpaired) electrons. The van der Waals surface area contributed by atoms with Crippen molar-refractivity contribution >= 4 is 0 Å². The van der Waals surface area contributed by atoms with Crippen molar-refractivity contribution in [1.29, 1.82) is 0 Å². The highest BCUT2D eigenvalue weighted by Crippen LogP contribution is 2.08. The average Bonchev–Trinajstić information content (AvgIpc) is 1.94. The van der Waals surface area contributed by atoms with E-state index in [4.69, 9.17) is 19.3 Å². The van der Waals surface area contributed by atoms with Gasteiger partial charge in [-0.15, -0.1) is 0 Å². The quantitative estimate of drug-likeness (QED) is 0.584. The molecule has 0 aromatic heterocycles. The molecule has 0 spiro atoms. The van der Waals surface area contributed by atoms with Gasteiger partial charge >= 0.3 is 0 Å². The molecule has 1 saturated heterocycles. The van der Waals surface area contributed by atoms with E-state index in [0.717, 1.165) is 0 Å². The maximum Gasteiger partial charge on any atom is 0.209 e. The van der Waals surface area contributed by atoms with E-state index < -0.39 is 12.6 Å². The molecule has 1 aliphatic heterocycles. The van der Waals surface area contributed by atoms with Gasteiger partial charge in [0.2, 0.25) is 12.6 Å². The fourth-order valence-corrected chi connectivity index (χ4v) is 0.789. The molecule has 2 atom stereocenters. The summed E-state index contributed by atoms with van der Waals surface area (Å²) in [6.07, 6.45) is -1.52. The molecule has 1 rings (SSSR count). The van der Waals surface area contributed by atoms with Gasteiger partial charge < -0.3 is 19.3 Å². The van der Waals surface area contributed by atoms with Crippen LogP contribution in [0.5, 0.6) is 0 Å². The lowest BCUT2D eigenvalue weighted by molar-refractivity contribution is -0.305. The van der Waals surface area contributed by atoms with Crippen LogP contribution in [-0.2, 0) is 14.2 Å². The smallest absolute Gasteiger partial charge is 0.209 e. The largest absolute Gasteiger partial charge is 0.364 e. The van der Waals surface area contributed by atoms with Gasteiger partial charge in [0, 0.05) is 6.61 Å². The van der Waals surface area contributed by atoms with Crippen molar-refractivity contribution in [3.63, 3.8) is 0 Å². The molecule has 60 valence electrons. The van der Waals surface area contributed by atoms with E-state index in [-0.39, 0.29) is 0 Å². The van der Waals surface area contributed by atoms with Crippen LogP contribution in [0.4, 0.5) is 0 Å². The van der Waals surface area contributed by atoms with Crippen LogP contribution in [0.15, 0.2) is 0 Å². The predicted octanol–water partition coefficient (Wildman–Crippen LogP) is -0.286. The van der Waals surface area contributed by atoms with E-state index in [2.05, 4.69) is 0 Å². The minimum Gasteiger partial charge on any atom is -0.364 e. The average molecular weight is 148 g/mol. The molecule has 0 amide bonds. The van der Waals surface area contributed by atoms with E-state index in [1.165, 1.54) is 0 Å². The molecule has 0 aromatic carbocycles. The summed E-state index contributed by atoms with van der Waals surface area (Å²) in [5, 5.41) is 9.03. The fourth-order valence-electron chi connectivity index (χ4n) is 0.789. The molecule has 0 saturated carbocycles. The van der Waals surface area contributed by atoms with Gasteiger partial charge in [-0.25, -0.2) is 0 Å². The predicted molar refractivity (Wildman–Crippen MR) is 33.3 cm³/mol. The molecule has 1 aliphatic rings. The van der Waals surface area contributed by atoms with E-state index >= 15 is 0 Å². The first kappa shape index (κ1) is 7.94. The molecule has 0 aliphatic carbocycles. The Morgan fingerprint density at radius 3 is 2.80 bits per heavy atom. The van der Waals surface area contributed by atoms with E-state index in [0.29, 0.717) is 19.8 Å². The lowest BCUT2D eigenvalue weighted by atomic mass is 10.5. The van der Waals surface area contributed by atoms with Crippen molar-refractivity contribution in [2.45, 2.75) is 19.5 Å². The molecule has 1 fully saturated rings. The van der Waals surface area contributed by atoms with Crippen molar-refractivity contribution in [2.24, 2.45) is 0 Å². The van der Waals surface area contributed by atoms with Crippen LogP contribution in [0.25, 0.3) is 0 Å². The van der Waals surface area contributed by atoms with Crippen molar-refractivity contribution in [2.75, 3.05) is 19.8 Å². The molecule has 4 heteroatoms. The minimum atomic E-state index is -0.923. The van der Waals surface area contributed by atoms with Gasteiger partial charge in [-0.05, 0) is 6.92 Å². The lowest BCUT2D eigenvalue weighted by Gasteiger charge is -2.27. The van der Waals surface area contributed by atoms with Crippen LogP contribution < -0.4 is 0 Å². The van der Waals surface area contributed by atoms with E-state index in [1.54, 1.807) is 0 Å². The van der Waals surface area contributed by atoms with Crippen LogP contribution in [0.2, 0.25) is 0 Å². The minimum absolute atomic E-state index is 0.435. The molecule has 10 heavy (non-hydrogen) atoms. The van der Waals surface area contributed by atoms with Gasteiger partial charge in [-0.3, -0.25) is 0 Å². The third-order valence-corrected chi connectivity index (χ3v) is 1.22. The standard InChI is InChI=1S/C6H12O4/c1-2-8-6-5(7)9-3-4-10-6/h5-7H,2-4H2,1H3. The highest BCUT2D eigenvalue weighted by atomic mass is 16.8. The zero-order chi connectivity index (χ0) is 7.40.